The lowest BCUT2D eigenvalue weighted by molar-refractivity contribution is -0.148. The fourth-order valence-electron chi connectivity index (χ4n) is 2.26. The lowest BCUT2D eigenvalue weighted by Gasteiger charge is -2.38. The van der Waals surface area contributed by atoms with Crippen LogP contribution in [0.15, 0.2) is 18.2 Å². The largest absolute Gasteiger partial charge is 0.496 e. The highest BCUT2D eigenvalue weighted by Crippen LogP contribution is 2.32. The van der Waals surface area contributed by atoms with Gasteiger partial charge < -0.3 is 20.5 Å². The average molecular weight is 278 g/mol. The number of benzene rings is 1. The molecule has 3 N–H and O–H groups in total. The molecule has 0 bridgehead atoms. The number of methoxy groups -OCH3 is 1. The summed E-state index contributed by atoms with van der Waals surface area (Å²) in [7, 11) is 1.58. The number of aliphatic carboxylic acids is 1. The zero-order valence-corrected chi connectivity index (χ0v) is 11.5. The van der Waals surface area contributed by atoms with E-state index < -0.39 is 17.5 Å². The van der Waals surface area contributed by atoms with E-state index in [0.717, 1.165) is 17.7 Å². The third-order valence-electron chi connectivity index (χ3n) is 3.62. The number of ether oxygens (including phenoxy) is 1. The van der Waals surface area contributed by atoms with Gasteiger partial charge in [0.05, 0.1) is 7.11 Å². The minimum Gasteiger partial charge on any atom is -0.496 e. The van der Waals surface area contributed by atoms with Gasteiger partial charge in [0.25, 0.3) is 0 Å². The zero-order chi connectivity index (χ0) is 14.8. The van der Waals surface area contributed by atoms with Crippen LogP contribution in [0.3, 0.4) is 0 Å². The monoisotopic (exact) mass is 278 g/mol. The molecular formula is C14H18N2O4. The van der Waals surface area contributed by atoms with Crippen molar-refractivity contribution < 1.29 is 19.4 Å². The van der Waals surface area contributed by atoms with Gasteiger partial charge in [-0.1, -0.05) is 0 Å². The number of urea groups is 1. The highest BCUT2D eigenvalue weighted by Gasteiger charge is 2.45. The summed E-state index contributed by atoms with van der Waals surface area (Å²) in [6.07, 6.45) is 1.75. The molecule has 6 heteroatoms. The molecule has 1 aliphatic carbocycles. The van der Waals surface area contributed by atoms with Gasteiger partial charge in [-0.3, -0.25) is 0 Å². The first kappa shape index (κ1) is 14.2. The van der Waals surface area contributed by atoms with Crippen LogP contribution in [0.2, 0.25) is 0 Å². The van der Waals surface area contributed by atoms with Crippen LogP contribution < -0.4 is 15.4 Å². The zero-order valence-electron chi connectivity index (χ0n) is 11.5. The molecule has 1 saturated carbocycles. The lowest BCUT2D eigenvalue weighted by atomic mass is 9.77. The van der Waals surface area contributed by atoms with Crippen molar-refractivity contribution in [3.8, 4) is 5.75 Å². The third-order valence-corrected chi connectivity index (χ3v) is 3.62. The van der Waals surface area contributed by atoms with Gasteiger partial charge in [-0.2, -0.15) is 0 Å². The standard InChI is InChI=1S/C14H18N2O4/c1-9-8-10(4-5-11(9)20-2)15-13(19)16-14(12(17)18)6-3-7-14/h4-5,8H,3,6-7H2,1-2H3,(H,17,18)(H2,15,16,19). The summed E-state index contributed by atoms with van der Waals surface area (Å²) in [4.78, 5) is 23.0. The molecule has 20 heavy (non-hydrogen) atoms. The SMILES string of the molecule is COc1ccc(NC(=O)NC2(C(=O)O)CCC2)cc1C. The van der Waals surface area contributed by atoms with Crippen molar-refractivity contribution in [3.05, 3.63) is 23.8 Å². The third kappa shape index (κ3) is 2.68. The Morgan fingerprint density at radius 1 is 1.35 bits per heavy atom. The number of hydrogen-bond donors (Lipinski definition) is 3. The Labute approximate surface area is 117 Å². The topological polar surface area (TPSA) is 87.7 Å². The smallest absolute Gasteiger partial charge is 0.329 e. The molecule has 1 aliphatic rings. The van der Waals surface area contributed by atoms with Crippen LogP contribution in [0, 0.1) is 6.92 Å². The molecule has 0 atom stereocenters. The van der Waals surface area contributed by atoms with Crippen molar-refractivity contribution in [2.75, 3.05) is 12.4 Å². The highest BCUT2D eigenvalue weighted by atomic mass is 16.5. The normalized spacial score (nSPS) is 15.9. The van der Waals surface area contributed by atoms with Crippen molar-refractivity contribution >= 4 is 17.7 Å². The number of amides is 2. The first-order valence-electron chi connectivity index (χ1n) is 6.44. The fraction of sp³-hybridized carbons (Fsp3) is 0.429. The molecule has 2 amide bonds. The number of carboxylic acid groups (broad SMARTS) is 1. The van der Waals surface area contributed by atoms with Gasteiger partial charge in [0.1, 0.15) is 11.3 Å². The quantitative estimate of drug-likeness (QED) is 0.787. The molecule has 0 saturated heterocycles. The van der Waals surface area contributed by atoms with Crippen molar-refractivity contribution in [1.82, 2.24) is 5.32 Å². The Hall–Kier alpha value is -2.24. The van der Waals surface area contributed by atoms with Gasteiger partial charge in [-0.15, -0.1) is 0 Å². The van der Waals surface area contributed by atoms with E-state index in [2.05, 4.69) is 10.6 Å². The minimum atomic E-state index is -1.11. The predicted octanol–water partition coefficient (Wildman–Crippen LogP) is 2.13. The summed E-state index contributed by atoms with van der Waals surface area (Å²) in [5.41, 5.74) is 0.383. The Kier molecular flexibility index (Phi) is 3.83. The highest BCUT2D eigenvalue weighted by molar-refractivity contribution is 5.94. The van der Waals surface area contributed by atoms with E-state index in [0.29, 0.717) is 18.5 Å². The van der Waals surface area contributed by atoms with E-state index in [4.69, 9.17) is 9.84 Å². The van der Waals surface area contributed by atoms with Gasteiger partial charge >= 0.3 is 12.0 Å². The van der Waals surface area contributed by atoms with Crippen LogP contribution in [-0.4, -0.2) is 29.8 Å². The van der Waals surface area contributed by atoms with Crippen LogP contribution in [0.1, 0.15) is 24.8 Å². The first-order valence-corrected chi connectivity index (χ1v) is 6.44. The second kappa shape index (κ2) is 5.40. The number of rotatable bonds is 4. The van der Waals surface area contributed by atoms with Crippen LogP contribution in [-0.2, 0) is 4.79 Å². The van der Waals surface area contributed by atoms with Crippen LogP contribution in [0.4, 0.5) is 10.5 Å². The Morgan fingerprint density at radius 2 is 2.05 bits per heavy atom. The van der Waals surface area contributed by atoms with Crippen molar-refractivity contribution in [2.45, 2.75) is 31.7 Å². The van der Waals surface area contributed by atoms with Gasteiger partial charge in [0.2, 0.25) is 0 Å². The van der Waals surface area contributed by atoms with Gasteiger partial charge in [-0.25, -0.2) is 9.59 Å². The van der Waals surface area contributed by atoms with Crippen molar-refractivity contribution in [3.63, 3.8) is 0 Å². The Morgan fingerprint density at radius 3 is 2.50 bits per heavy atom. The predicted molar refractivity (Wildman–Crippen MR) is 74.1 cm³/mol. The maximum Gasteiger partial charge on any atom is 0.329 e. The number of nitrogens with one attached hydrogen (secondary N) is 2. The number of carboxylic acids is 1. The van der Waals surface area contributed by atoms with Crippen LogP contribution in [0.5, 0.6) is 5.75 Å². The number of anilines is 1. The Balaban J connectivity index is 2.01. The molecule has 1 aromatic carbocycles. The van der Waals surface area contributed by atoms with Crippen molar-refractivity contribution in [2.24, 2.45) is 0 Å². The number of carbonyl (C=O) groups is 2. The molecule has 0 radical (unpaired) electrons. The number of hydrogen-bond acceptors (Lipinski definition) is 3. The van der Waals surface area contributed by atoms with E-state index in [1.54, 1.807) is 25.3 Å². The molecule has 108 valence electrons. The molecule has 0 aliphatic heterocycles. The molecule has 0 unspecified atom stereocenters. The first-order chi connectivity index (χ1) is 9.47. The summed E-state index contributed by atoms with van der Waals surface area (Å²) in [6.45, 7) is 1.87. The number of aryl methyl sites for hydroxylation is 1. The maximum atomic E-state index is 11.9. The van der Waals surface area contributed by atoms with E-state index in [9.17, 15) is 9.59 Å². The van der Waals surface area contributed by atoms with Gasteiger partial charge in [0.15, 0.2) is 0 Å². The molecule has 0 aromatic heterocycles. The molecule has 6 nitrogen and oxygen atoms in total. The second-order valence-corrected chi connectivity index (χ2v) is 5.00. The maximum absolute atomic E-state index is 11.9. The van der Waals surface area contributed by atoms with Crippen LogP contribution >= 0.6 is 0 Å². The molecule has 1 fully saturated rings. The van der Waals surface area contributed by atoms with Gasteiger partial charge in [-0.05, 0) is 49.9 Å². The molecule has 2 rings (SSSR count). The summed E-state index contributed by atoms with van der Waals surface area (Å²) in [5, 5.41) is 14.3. The molecular weight excluding hydrogens is 260 g/mol. The summed E-state index contributed by atoms with van der Waals surface area (Å²) >= 11 is 0. The summed E-state index contributed by atoms with van der Waals surface area (Å²) in [5.74, 6) is -0.248. The van der Waals surface area contributed by atoms with E-state index in [-0.39, 0.29) is 0 Å². The lowest BCUT2D eigenvalue weighted by Crippen LogP contribution is -2.60. The number of carbonyl (C=O) groups excluding carboxylic acids is 1. The van der Waals surface area contributed by atoms with E-state index >= 15 is 0 Å². The summed E-state index contributed by atoms with van der Waals surface area (Å²) in [6, 6.07) is 4.73. The van der Waals surface area contributed by atoms with Gasteiger partial charge in [0, 0.05) is 5.69 Å². The van der Waals surface area contributed by atoms with E-state index in [1.165, 1.54) is 0 Å². The molecule has 1 aromatic rings. The molecule has 0 heterocycles. The Bertz CT molecular complexity index is 538. The van der Waals surface area contributed by atoms with Crippen molar-refractivity contribution in [1.29, 1.82) is 0 Å². The average Bonchev–Trinajstić information content (AvgIpc) is 2.33. The fourth-order valence-corrected chi connectivity index (χ4v) is 2.26. The minimum absolute atomic E-state index is 0.470. The molecule has 0 spiro atoms. The van der Waals surface area contributed by atoms with E-state index in [1.807, 2.05) is 6.92 Å². The van der Waals surface area contributed by atoms with Crippen LogP contribution in [0.25, 0.3) is 0 Å². The second-order valence-electron chi connectivity index (χ2n) is 5.00. The summed E-state index contributed by atoms with van der Waals surface area (Å²) < 4.78 is 5.14.